The minimum absolute atomic E-state index is 0.0878. The zero-order chi connectivity index (χ0) is 16.9. The molecule has 0 aliphatic carbocycles. The van der Waals surface area contributed by atoms with Crippen molar-refractivity contribution >= 4 is 41.1 Å². The van der Waals surface area contributed by atoms with Crippen LogP contribution in [0.3, 0.4) is 0 Å². The standard InChI is InChI=1S/C10H8O9S3/c11-20(12,13)7-3-1-2-6-4-5-8(21(14,15)16)10(9(6)7)22(17,18)19/h1-5H,(H,11,12,13)(H,14,15,16)(H,17,18,19). The van der Waals surface area contributed by atoms with Crippen LogP contribution in [-0.2, 0) is 30.4 Å². The minimum Gasteiger partial charge on any atom is -0.282 e. The van der Waals surface area contributed by atoms with Crippen molar-refractivity contribution in [3.05, 3.63) is 30.3 Å². The highest BCUT2D eigenvalue weighted by molar-refractivity contribution is 7.89. The molecule has 0 aliphatic heterocycles. The first-order valence-corrected chi connectivity index (χ1v) is 9.63. The second-order valence-corrected chi connectivity index (χ2v) is 8.31. The lowest BCUT2D eigenvalue weighted by Gasteiger charge is -2.11. The molecule has 2 aromatic rings. The van der Waals surface area contributed by atoms with Crippen molar-refractivity contribution in [2.24, 2.45) is 0 Å². The van der Waals surface area contributed by atoms with Crippen molar-refractivity contribution in [2.45, 2.75) is 14.7 Å². The fourth-order valence-electron chi connectivity index (χ4n) is 1.97. The summed E-state index contributed by atoms with van der Waals surface area (Å²) in [5, 5.41) is -0.835. The van der Waals surface area contributed by atoms with Gasteiger partial charge in [-0.3, -0.25) is 13.7 Å². The summed E-state index contributed by atoms with van der Waals surface area (Å²) in [5.74, 6) is 0. The molecule has 2 aromatic carbocycles. The van der Waals surface area contributed by atoms with Crippen LogP contribution >= 0.6 is 0 Å². The van der Waals surface area contributed by atoms with Crippen molar-refractivity contribution < 1.29 is 38.9 Å². The number of benzene rings is 2. The molecule has 0 bridgehead atoms. The van der Waals surface area contributed by atoms with Crippen LogP contribution in [0, 0.1) is 0 Å². The van der Waals surface area contributed by atoms with Crippen molar-refractivity contribution in [3.63, 3.8) is 0 Å². The molecule has 0 aromatic heterocycles. The zero-order valence-corrected chi connectivity index (χ0v) is 12.9. The van der Waals surface area contributed by atoms with Gasteiger partial charge in [0.25, 0.3) is 30.4 Å². The molecule has 22 heavy (non-hydrogen) atoms. The van der Waals surface area contributed by atoms with Gasteiger partial charge in [-0.15, -0.1) is 0 Å². The van der Waals surface area contributed by atoms with Gasteiger partial charge in [-0.1, -0.05) is 18.2 Å². The Morgan fingerprint density at radius 1 is 0.636 bits per heavy atom. The van der Waals surface area contributed by atoms with Gasteiger partial charge in [0.05, 0.1) is 0 Å². The van der Waals surface area contributed by atoms with E-state index in [1.54, 1.807) is 0 Å². The van der Waals surface area contributed by atoms with E-state index in [2.05, 4.69) is 0 Å². The maximum Gasteiger partial charge on any atom is 0.296 e. The maximum absolute atomic E-state index is 11.5. The molecule has 9 nitrogen and oxygen atoms in total. The van der Waals surface area contributed by atoms with Gasteiger partial charge in [-0.25, -0.2) is 0 Å². The molecule has 12 heteroatoms. The average molecular weight is 368 g/mol. The second-order valence-electron chi connectivity index (χ2n) is 4.17. The van der Waals surface area contributed by atoms with Crippen LogP contribution < -0.4 is 0 Å². The molecule has 0 heterocycles. The maximum atomic E-state index is 11.5. The van der Waals surface area contributed by atoms with Crippen LogP contribution in [-0.4, -0.2) is 38.9 Å². The smallest absolute Gasteiger partial charge is 0.282 e. The molecule has 0 unspecified atom stereocenters. The Kier molecular flexibility index (Phi) is 3.80. The van der Waals surface area contributed by atoms with E-state index in [-0.39, 0.29) is 5.39 Å². The largest absolute Gasteiger partial charge is 0.296 e. The molecular weight excluding hydrogens is 360 g/mol. The molecule has 0 aliphatic rings. The van der Waals surface area contributed by atoms with Crippen LogP contribution in [0.15, 0.2) is 45.0 Å². The quantitative estimate of drug-likeness (QED) is 0.657. The molecule has 0 fully saturated rings. The van der Waals surface area contributed by atoms with Gasteiger partial charge < -0.3 is 0 Å². The summed E-state index contributed by atoms with van der Waals surface area (Å²) in [6, 6.07) is 4.93. The third-order valence-corrected chi connectivity index (χ3v) is 5.60. The molecule has 120 valence electrons. The topological polar surface area (TPSA) is 163 Å². The van der Waals surface area contributed by atoms with Crippen LogP contribution in [0.4, 0.5) is 0 Å². The molecule has 0 spiro atoms. The van der Waals surface area contributed by atoms with Crippen LogP contribution in [0.2, 0.25) is 0 Å². The summed E-state index contributed by atoms with van der Waals surface area (Å²) in [4.78, 5) is -3.47. The van der Waals surface area contributed by atoms with Gasteiger partial charge in [-0.2, -0.15) is 25.3 Å². The van der Waals surface area contributed by atoms with Crippen molar-refractivity contribution in [1.82, 2.24) is 0 Å². The second kappa shape index (κ2) is 4.97. The lowest BCUT2D eigenvalue weighted by atomic mass is 10.1. The molecule has 0 radical (unpaired) electrons. The summed E-state index contributed by atoms with van der Waals surface area (Å²) in [7, 11) is -15.3. The Balaban J connectivity index is 3.27. The zero-order valence-electron chi connectivity index (χ0n) is 10.4. The van der Waals surface area contributed by atoms with E-state index in [0.29, 0.717) is 6.07 Å². The van der Waals surface area contributed by atoms with Gasteiger partial charge in [0.2, 0.25) is 0 Å². The first-order chi connectivity index (χ1) is 9.83. The summed E-state index contributed by atoms with van der Waals surface area (Å²) in [6.07, 6.45) is 0. The Morgan fingerprint density at radius 2 is 1.18 bits per heavy atom. The monoisotopic (exact) mass is 368 g/mol. The Labute approximate surface area is 125 Å². The Bertz CT molecular complexity index is 1080. The average Bonchev–Trinajstić information content (AvgIpc) is 2.33. The van der Waals surface area contributed by atoms with E-state index < -0.39 is 50.4 Å². The molecule has 0 amide bonds. The third kappa shape index (κ3) is 2.97. The van der Waals surface area contributed by atoms with Crippen LogP contribution in [0.1, 0.15) is 0 Å². The van der Waals surface area contributed by atoms with Crippen LogP contribution in [0.5, 0.6) is 0 Å². The van der Waals surface area contributed by atoms with Gasteiger partial charge in [0, 0.05) is 5.39 Å². The summed E-state index contributed by atoms with van der Waals surface area (Å²) in [5.41, 5.74) is 0. The number of hydrogen-bond donors (Lipinski definition) is 3. The van der Waals surface area contributed by atoms with Gasteiger partial charge >= 0.3 is 0 Å². The normalized spacial score (nSPS) is 13.4. The summed E-state index contributed by atoms with van der Waals surface area (Å²) < 4.78 is 95.7. The molecule has 0 saturated heterocycles. The highest BCUT2D eigenvalue weighted by Crippen LogP contribution is 2.34. The summed E-state index contributed by atoms with van der Waals surface area (Å²) in [6.45, 7) is 0. The van der Waals surface area contributed by atoms with E-state index in [1.807, 2.05) is 0 Å². The van der Waals surface area contributed by atoms with E-state index in [9.17, 15) is 29.8 Å². The van der Waals surface area contributed by atoms with Crippen molar-refractivity contribution in [3.8, 4) is 0 Å². The SMILES string of the molecule is O=S(=O)(O)c1ccc2cccc(S(=O)(=O)O)c2c1S(=O)(=O)O. The van der Waals surface area contributed by atoms with E-state index in [1.165, 1.54) is 12.1 Å². The highest BCUT2D eigenvalue weighted by Gasteiger charge is 2.30. The number of hydrogen-bond acceptors (Lipinski definition) is 6. The molecule has 2 rings (SSSR count). The van der Waals surface area contributed by atoms with E-state index in [0.717, 1.165) is 12.1 Å². The van der Waals surface area contributed by atoms with Gasteiger partial charge in [-0.05, 0) is 17.5 Å². The molecule has 3 N–H and O–H groups in total. The predicted octanol–water partition coefficient (Wildman–Crippen LogP) is 0.580. The van der Waals surface area contributed by atoms with E-state index in [4.69, 9.17) is 9.11 Å². The van der Waals surface area contributed by atoms with E-state index >= 15 is 0 Å². The molecular formula is C10H8O9S3. The lowest BCUT2D eigenvalue weighted by molar-refractivity contribution is 0.467. The predicted molar refractivity (Wildman–Crippen MR) is 73.4 cm³/mol. The fourth-order valence-corrected chi connectivity index (χ4v) is 4.78. The first-order valence-electron chi connectivity index (χ1n) is 5.31. The van der Waals surface area contributed by atoms with Gasteiger partial charge in [0.15, 0.2) is 0 Å². The minimum atomic E-state index is -5.24. The summed E-state index contributed by atoms with van der Waals surface area (Å²) >= 11 is 0. The van der Waals surface area contributed by atoms with Crippen molar-refractivity contribution in [2.75, 3.05) is 0 Å². The molecule has 0 saturated carbocycles. The fraction of sp³-hybridized carbons (Fsp3) is 0. The first kappa shape index (κ1) is 16.8. The Hall–Kier alpha value is -1.57. The van der Waals surface area contributed by atoms with Crippen LogP contribution in [0.25, 0.3) is 10.8 Å². The molecule has 0 atom stereocenters. The van der Waals surface area contributed by atoms with Gasteiger partial charge in [0.1, 0.15) is 14.7 Å². The number of rotatable bonds is 3. The van der Waals surface area contributed by atoms with Crippen molar-refractivity contribution in [1.29, 1.82) is 0 Å². The Morgan fingerprint density at radius 3 is 1.64 bits per heavy atom. The number of fused-ring (bicyclic) bond motifs is 1. The highest BCUT2D eigenvalue weighted by atomic mass is 32.2. The third-order valence-electron chi connectivity index (χ3n) is 2.74. The lowest BCUT2D eigenvalue weighted by Crippen LogP contribution is -2.11.